The van der Waals surface area contributed by atoms with Gasteiger partial charge in [0.05, 0.1) is 0 Å². The lowest BCUT2D eigenvalue weighted by molar-refractivity contribution is -0.152. The molecule has 0 bridgehead atoms. The molecule has 7 heteroatoms. The Morgan fingerprint density at radius 2 is 0.689 bits per heavy atom. The number of unbranched alkanes of at least 4 members (excludes halogenated alkanes) is 24. The normalized spacial score (nSPS) is 19.6. The first-order valence-corrected chi connectivity index (χ1v) is 19.3. The molecule has 1 aliphatic heterocycles. The summed E-state index contributed by atoms with van der Waals surface area (Å²) in [7, 11) is 0. The number of carbonyl (C=O) groups is 2. The van der Waals surface area contributed by atoms with E-state index in [2.05, 4.69) is 13.8 Å². The van der Waals surface area contributed by atoms with E-state index in [1.165, 1.54) is 128 Å². The van der Waals surface area contributed by atoms with Crippen molar-refractivity contribution in [3.8, 4) is 0 Å². The summed E-state index contributed by atoms with van der Waals surface area (Å²) in [6, 6.07) is 0. The maximum absolute atomic E-state index is 12.2. The summed E-state index contributed by atoms with van der Waals surface area (Å²) in [5.41, 5.74) is 0. The predicted octanol–water partition coefficient (Wildman–Crippen LogP) is 9.52. The molecule has 0 aliphatic carbocycles. The number of rotatable bonds is 32. The molecule has 4 atom stereocenters. The number of hydrogen-bond donors (Lipinski definition) is 2. The first kappa shape index (κ1) is 41.8. The highest BCUT2D eigenvalue weighted by Gasteiger charge is 2.43. The van der Waals surface area contributed by atoms with E-state index >= 15 is 0 Å². The minimum absolute atomic E-state index is 0.112. The van der Waals surface area contributed by atoms with E-state index in [1.807, 2.05) is 0 Å². The van der Waals surface area contributed by atoms with Gasteiger partial charge in [-0.2, -0.15) is 0 Å². The van der Waals surface area contributed by atoms with E-state index in [1.54, 1.807) is 0 Å². The zero-order chi connectivity index (χ0) is 32.8. The summed E-state index contributed by atoms with van der Waals surface area (Å²) in [4.78, 5) is 24.3. The highest BCUT2D eigenvalue weighted by molar-refractivity contribution is 5.69. The SMILES string of the molecule is CCCCCCCCCCCCCCCC(=O)OCC1OC(COC(=O)CCCCCCCCCCCCCCC)C(O)C1O. The van der Waals surface area contributed by atoms with Crippen LogP contribution in [0.4, 0.5) is 0 Å². The Labute approximate surface area is 276 Å². The third kappa shape index (κ3) is 23.7. The van der Waals surface area contributed by atoms with Crippen molar-refractivity contribution in [1.82, 2.24) is 0 Å². The van der Waals surface area contributed by atoms with Crippen LogP contribution in [0.1, 0.15) is 194 Å². The fourth-order valence-corrected chi connectivity index (χ4v) is 6.17. The van der Waals surface area contributed by atoms with Gasteiger partial charge in [0.1, 0.15) is 37.6 Å². The topological polar surface area (TPSA) is 102 Å². The van der Waals surface area contributed by atoms with Crippen molar-refractivity contribution < 1.29 is 34.0 Å². The molecule has 7 nitrogen and oxygen atoms in total. The molecule has 2 N–H and O–H groups in total. The summed E-state index contributed by atoms with van der Waals surface area (Å²) in [5.74, 6) is -0.618. The summed E-state index contributed by atoms with van der Waals surface area (Å²) in [5, 5.41) is 20.7. The van der Waals surface area contributed by atoms with Crippen molar-refractivity contribution in [2.45, 2.75) is 218 Å². The molecule has 0 amide bonds. The fraction of sp³-hybridized carbons (Fsp3) is 0.947. The lowest BCUT2D eigenvalue weighted by atomic mass is 10.0. The van der Waals surface area contributed by atoms with E-state index in [0.29, 0.717) is 12.8 Å². The number of carbonyl (C=O) groups excluding carboxylic acids is 2. The van der Waals surface area contributed by atoms with Gasteiger partial charge in [-0.15, -0.1) is 0 Å². The van der Waals surface area contributed by atoms with Gasteiger partial charge < -0.3 is 24.4 Å². The van der Waals surface area contributed by atoms with E-state index in [-0.39, 0.29) is 25.2 Å². The molecule has 1 fully saturated rings. The number of aliphatic hydroxyl groups excluding tert-OH is 2. The third-order valence-electron chi connectivity index (χ3n) is 9.25. The van der Waals surface area contributed by atoms with Crippen LogP contribution in [0.15, 0.2) is 0 Å². The van der Waals surface area contributed by atoms with Crippen LogP contribution in [0.3, 0.4) is 0 Å². The lowest BCUT2D eigenvalue weighted by Crippen LogP contribution is -2.36. The minimum Gasteiger partial charge on any atom is -0.463 e. The van der Waals surface area contributed by atoms with Crippen molar-refractivity contribution in [3.05, 3.63) is 0 Å². The quantitative estimate of drug-likeness (QED) is 0.0558. The van der Waals surface area contributed by atoms with Crippen molar-refractivity contribution in [2.75, 3.05) is 13.2 Å². The lowest BCUT2D eigenvalue weighted by Gasteiger charge is -2.15. The maximum Gasteiger partial charge on any atom is 0.305 e. The van der Waals surface area contributed by atoms with Gasteiger partial charge in [0, 0.05) is 12.8 Å². The van der Waals surface area contributed by atoms with Crippen molar-refractivity contribution in [3.63, 3.8) is 0 Å². The number of aliphatic hydroxyl groups is 2. The van der Waals surface area contributed by atoms with Crippen molar-refractivity contribution in [2.24, 2.45) is 0 Å². The molecule has 4 unspecified atom stereocenters. The molecular weight excluding hydrogens is 568 g/mol. The van der Waals surface area contributed by atoms with E-state index < -0.39 is 24.4 Å². The first-order valence-electron chi connectivity index (χ1n) is 19.3. The van der Waals surface area contributed by atoms with Gasteiger partial charge in [-0.25, -0.2) is 0 Å². The average Bonchev–Trinajstić information content (AvgIpc) is 3.31. The van der Waals surface area contributed by atoms with Gasteiger partial charge in [-0.05, 0) is 12.8 Å². The molecule has 0 aromatic rings. The molecule has 1 rings (SSSR count). The maximum atomic E-state index is 12.2. The zero-order valence-corrected chi connectivity index (χ0v) is 29.5. The van der Waals surface area contributed by atoms with Crippen LogP contribution in [0, 0.1) is 0 Å². The van der Waals surface area contributed by atoms with Crippen molar-refractivity contribution in [1.29, 1.82) is 0 Å². The molecule has 0 aromatic heterocycles. The predicted molar refractivity (Wildman–Crippen MR) is 183 cm³/mol. The Kier molecular flexibility index (Phi) is 28.1. The molecule has 0 radical (unpaired) electrons. The standard InChI is InChI=1S/C38H72O7/c1-3-5-7-9-11-13-15-17-19-21-23-25-27-29-35(39)43-31-33-37(41)38(42)34(45-33)32-44-36(40)30-28-26-24-22-20-18-16-14-12-10-8-6-4-2/h33-34,37-38,41-42H,3-32H2,1-2H3. The van der Waals surface area contributed by atoms with Gasteiger partial charge in [-0.1, -0.05) is 168 Å². The number of esters is 2. The molecule has 266 valence electrons. The van der Waals surface area contributed by atoms with Crippen LogP contribution in [-0.2, 0) is 23.8 Å². The molecule has 0 saturated carbocycles. The molecule has 0 aromatic carbocycles. The number of ether oxygens (including phenoxy) is 3. The molecule has 1 saturated heterocycles. The van der Waals surface area contributed by atoms with Gasteiger partial charge >= 0.3 is 11.9 Å². The van der Waals surface area contributed by atoms with Crippen LogP contribution in [-0.4, -0.2) is 59.8 Å². The van der Waals surface area contributed by atoms with Crippen LogP contribution >= 0.6 is 0 Å². The van der Waals surface area contributed by atoms with Crippen LogP contribution in [0.5, 0.6) is 0 Å². The first-order chi connectivity index (χ1) is 22.0. The van der Waals surface area contributed by atoms with Crippen LogP contribution in [0.2, 0.25) is 0 Å². The highest BCUT2D eigenvalue weighted by atomic mass is 16.6. The Morgan fingerprint density at radius 3 is 0.956 bits per heavy atom. The largest absolute Gasteiger partial charge is 0.463 e. The monoisotopic (exact) mass is 641 g/mol. The smallest absolute Gasteiger partial charge is 0.305 e. The second-order valence-corrected chi connectivity index (χ2v) is 13.5. The summed E-state index contributed by atoms with van der Waals surface area (Å²) in [6.07, 6.45) is 29.2. The molecule has 45 heavy (non-hydrogen) atoms. The average molecular weight is 641 g/mol. The number of hydrogen-bond acceptors (Lipinski definition) is 7. The second kappa shape index (κ2) is 30.2. The Balaban J connectivity index is 1.98. The van der Waals surface area contributed by atoms with Crippen LogP contribution < -0.4 is 0 Å². The Hall–Kier alpha value is -1.18. The fourth-order valence-electron chi connectivity index (χ4n) is 6.17. The minimum atomic E-state index is -1.18. The summed E-state index contributed by atoms with van der Waals surface area (Å²) < 4.78 is 16.3. The van der Waals surface area contributed by atoms with Crippen molar-refractivity contribution >= 4 is 11.9 Å². The summed E-state index contributed by atoms with van der Waals surface area (Å²) in [6.45, 7) is 4.28. The van der Waals surface area contributed by atoms with E-state index in [0.717, 1.165) is 38.5 Å². The van der Waals surface area contributed by atoms with Gasteiger partial charge in [0.2, 0.25) is 0 Å². The Bertz CT molecular complexity index is 629. The van der Waals surface area contributed by atoms with Gasteiger partial charge in [0.15, 0.2) is 0 Å². The highest BCUT2D eigenvalue weighted by Crippen LogP contribution is 2.23. The van der Waals surface area contributed by atoms with E-state index in [9.17, 15) is 19.8 Å². The molecule has 1 heterocycles. The van der Waals surface area contributed by atoms with Crippen LogP contribution in [0.25, 0.3) is 0 Å². The third-order valence-corrected chi connectivity index (χ3v) is 9.25. The Morgan fingerprint density at radius 1 is 0.444 bits per heavy atom. The second-order valence-electron chi connectivity index (χ2n) is 13.5. The van der Waals surface area contributed by atoms with Gasteiger partial charge in [-0.3, -0.25) is 9.59 Å². The zero-order valence-electron chi connectivity index (χ0n) is 29.5. The molecular formula is C38H72O7. The molecule has 0 spiro atoms. The summed E-state index contributed by atoms with van der Waals surface area (Å²) >= 11 is 0. The van der Waals surface area contributed by atoms with Gasteiger partial charge in [0.25, 0.3) is 0 Å². The molecule has 1 aliphatic rings. The van der Waals surface area contributed by atoms with E-state index in [4.69, 9.17) is 14.2 Å².